The van der Waals surface area contributed by atoms with Crippen LogP contribution in [0, 0.1) is 13.8 Å². The van der Waals surface area contributed by atoms with Crippen LogP contribution in [-0.4, -0.2) is 67.3 Å². The molecule has 1 aliphatic rings. The number of carboxylic acid groups (broad SMARTS) is 1. The van der Waals surface area contributed by atoms with Crippen molar-refractivity contribution in [2.45, 2.75) is 32.7 Å². The van der Waals surface area contributed by atoms with E-state index in [1.807, 2.05) is 44.0 Å². The van der Waals surface area contributed by atoms with Crippen molar-refractivity contribution in [3.8, 4) is 0 Å². The first-order chi connectivity index (χ1) is 11.5. The summed E-state index contributed by atoms with van der Waals surface area (Å²) in [5, 5.41) is 9.71. The zero-order valence-corrected chi connectivity index (χ0v) is 15.1. The molecule has 1 aromatic carbocycles. The zero-order chi connectivity index (χ0) is 17.5. The van der Waals surface area contributed by atoms with Gasteiger partial charge in [-0.15, -0.1) is 0 Å². The highest BCUT2D eigenvalue weighted by atomic mass is 16.5. The molecule has 0 aliphatic carbocycles. The Morgan fingerprint density at radius 3 is 2.67 bits per heavy atom. The summed E-state index contributed by atoms with van der Waals surface area (Å²) in [7, 11) is 1.91. The SMILES string of the molecule is Cc1ccc(C)c([C@@H](C(=O)O)N(C)CCCCN2CCOCC2)c1. The van der Waals surface area contributed by atoms with Crippen LogP contribution in [0.1, 0.15) is 35.6 Å². The second-order valence-electron chi connectivity index (χ2n) is 6.74. The zero-order valence-electron chi connectivity index (χ0n) is 15.1. The lowest BCUT2D eigenvalue weighted by Crippen LogP contribution is -2.37. The first-order valence-electron chi connectivity index (χ1n) is 8.79. The summed E-state index contributed by atoms with van der Waals surface area (Å²) < 4.78 is 5.36. The van der Waals surface area contributed by atoms with Gasteiger partial charge in [0.2, 0.25) is 0 Å². The highest BCUT2D eigenvalue weighted by molar-refractivity contribution is 5.76. The van der Waals surface area contributed by atoms with Gasteiger partial charge in [-0.3, -0.25) is 14.6 Å². The Morgan fingerprint density at radius 1 is 1.29 bits per heavy atom. The van der Waals surface area contributed by atoms with Gasteiger partial charge in [0.15, 0.2) is 0 Å². The van der Waals surface area contributed by atoms with Crippen molar-refractivity contribution in [1.82, 2.24) is 9.80 Å². The summed E-state index contributed by atoms with van der Waals surface area (Å²) in [5.41, 5.74) is 3.04. The van der Waals surface area contributed by atoms with E-state index in [1.165, 1.54) is 0 Å². The van der Waals surface area contributed by atoms with Crippen molar-refractivity contribution in [3.63, 3.8) is 0 Å². The van der Waals surface area contributed by atoms with Crippen LogP contribution in [-0.2, 0) is 9.53 Å². The maximum atomic E-state index is 11.8. The number of hydrogen-bond acceptors (Lipinski definition) is 4. The number of aliphatic carboxylic acids is 1. The third-order valence-electron chi connectivity index (χ3n) is 4.74. The average Bonchev–Trinajstić information content (AvgIpc) is 2.56. The lowest BCUT2D eigenvalue weighted by molar-refractivity contribution is -0.143. The molecule has 0 radical (unpaired) electrons. The number of ether oxygens (including phenoxy) is 1. The van der Waals surface area contributed by atoms with E-state index in [-0.39, 0.29) is 0 Å². The van der Waals surface area contributed by atoms with Gasteiger partial charge >= 0.3 is 5.97 Å². The lowest BCUT2D eigenvalue weighted by atomic mass is 9.98. The Labute approximate surface area is 145 Å². The molecule has 1 fully saturated rings. The van der Waals surface area contributed by atoms with E-state index in [1.54, 1.807) is 0 Å². The van der Waals surface area contributed by atoms with Crippen molar-refractivity contribution in [2.75, 3.05) is 46.4 Å². The normalized spacial score (nSPS) is 17.2. The molecule has 1 aliphatic heterocycles. The fourth-order valence-corrected chi connectivity index (χ4v) is 3.26. The molecule has 1 N–H and O–H groups in total. The molecule has 0 unspecified atom stereocenters. The Balaban J connectivity index is 1.88. The first kappa shape index (κ1) is 18.9. The van der Waals surface area contributed by atoms with Crippen LogP contribution in [0.5, 0.6) is 0 Å². The quantitative estimate of drug-likeness (QED) is 0.740. The monoisotopic (exact) mass is 334 g/mol. The van der Waals surface area contributed by atoms with Crippen LogP contribution in [0.25, 0.3) is 0 Å². The summed E-state index contributed by atoms with van der Waals surface area (Å²) >= 11 is 0. The molecule has 0 bridgehead atoms. The third kappa shape index (κ3) is 5.30. The third-order valence-corrected chi connectivity index (χ3v) is 4.74. The maximum Gasteiger partial charge on any atom is 0.325 e. The van der Waals surface area contributed by atoms with Crippen LogP contribution in [0.4, 0.5) is 0 Å². The van der Waals surface area contributed by atoms with Crippen molar-refractivity contribution in [1.29, 1.82) is 0 Å². The summed E-state index contributed by atoms with van der Waals surface area (Å²) in [5.74, 6) is -0.778. The summed E-state index contributed by atoms with van der Waals surface area (Å²) in [6, 6.07) is 5.46. The molecule has 0 aromatic heterocycles. The van der Waals surface area contributed by atoms with Crippen LogP contribution >= 0.6 is 0 Å². The fraction of sp³-hybridized carbons (Fsp3) is 0.632. The van der Waals surface area contributed by atoms with Gasteiger partial charge in [-0.25, -0.2) is 0 Å². The smallest absolute Gasteiger partial charge is 0.325 e. The van der Waals surface area contributed by atoms with E-state index in [2.05, 4.69) is 4.90 Å². The predicted molar refractivity (Wildman–Crippen MR) is 95.4 cm³/mol. The van der Waals surface area contributed by atoms with Gasteiger partial charge in [0, 0.05) is 13.1 Å². The Bertz CT molecular complexity index is 541. The van der Waals surface area contributed by atoms with Crippen molar-refractivity contribution in [3.05, 3.63) is 34.9 Å². The number of morpholine rings is 1. The van der Waals surface area contributed by atoms with E-state index < -0.39 is 12.0 Å². The number of likely N-dealkylation sites (N-methyl/N-ethyl adjacent to an activating group) is 1. The summed E-state index contributed by atoms with van der Waals surface area (Å²) in [6.07, 6.45) is 2.09. The standard InChI is InChI=1S/C19H30N2O3/c1-15-6-7-16(2)17(14-15)18(19(22)23)20(3)8-4-5-9-21-10-12-24-13-11-21/h6-7,14,18H,4-5,8-13H2,1-3H3,(H,22,23)/t18-/m0/s1. The molecule has 5 nitrogen and oxygen atoms in total. The highest BCUT2D eigenvalue weighted by Gasteiger charge is 2.26. The molecule has 0 spiro atoms. The van der Waals surface area contributed by atoms with Gasteiger partial charge in [0.1, 0.15) is 6.04 Å². The van der Waals surface area contributed by atoms with Gasteiger partial charge in [-0.05, 0) is 58.0 Å². The fourth-order valence-electron chi connectivity index (χ4n) is 3.26. The topological polar surface area (TPSA) is 53.0 Å². The maximum absolute atomic E-state index is 11.8. The van der Waals surface area contributed by atoms with Crippen molar-refractivity contribution < 1.29 is 14.6 Å². The van der Waals surface area contributed by atoms with Crippen LogP contribution < -0.4 is 0 Å². The Kier molecular flexibility index (Phi) is 7.21. The first-order valence-corrected chi connectivity index (χ1v) is 8.79. The van der Waals surface area contributed by atoms with Crippen LogP contribution in [0.15, 0.2) is 18.2 Å². The summed E-state index contributed by atoms with van der Waals surface area (Å²) in [4.78, 5) is 16.2. The molecule has 2 rings (SSSR count). The van der Waals surface area contributed by atoms with Crippen LogP contribution in [0.2, 0.25) is 0 Å². The minimum atomic E-state index is -0.778. The van der Waals surface area contributed by atoms with E-state index in [9.17, 15) is 9.90 Å². The number of rotatable bonds is 8. The predicted octanol–water partition coefficient (Wildman–Crippen LogP) is 2.47. The molecule has 1 heterocycles. The molecule has 1 saturated heterocycles. The molecule has 0 saturated carbocycles. The molecule has 1 atom stereocenters. The minimum absolute atomic E-state index is 0.576. The lowest BCUT2D eigenvalue weighted by Gasteiger charge is -2.28. The van der Waals surface area contributed by atoms with Gasteiger partial charge < -0.3 is 9.84 Å². The van der Waals surface area contributed by atoms with Gasteiger partial charge in [-0.2, -0.15) is 0 Å². The molecular formula is C19H30N2O3. The number of carboxylic acids is 1. The number of unbranched alkanes of at least 4 members (excludes halogenated alkanes) is 1. The van der Waals surface area contributed by atoms with E-state index >= 15 is 0 Å². The molecule has 24 heavy (non-hydrogen) atoms. The molecule has 0 amide bonds. The molecule has 134 valence electrons. The van der Waals surface area contributed by atoms with Gasteiger partial charge in [0.25, 0.3) is 0 Å². The second-order valence-corrected chi connectivity index (χ2v) is 6.74. The van der Waals surface area contributed by atoms with Gasteiger partial charge in [-0.1, -0.05) is 23.8 Å². The van der Waals surface area contributed by atoms with E-state index in [0.717, 1.165) is 68.9 Å². The number of carbonyl (C=O) groups is 1. The summed E-state index contributed by atoms with van der Waals surface area (Å²) in [6.45, 7) is 9.52. The molecule has 1 aromatic rings. The Hall–Kier alpha value is -1.43. The second kappa shape index (κ2) is 9.16. The number of benzene rings is 1. The van der Waals surface area contributed by atoms with Crippen molar-refractivity contribution in [2.24, 2.45) is 0 Å². The Morgan fingerprint density at radius 2 is 2.00 bits per heavy atom. The average molecular weight is 334 g/mol. The van der Waals surface area contributed by atoms with Crippen molar-refractivity contribution >= 4 is 5.97 Å². The number of aryl methyl sites for hydroxylation is 2. The molecule has 5 heteroatoms. The highest BCUT2D eigenvalue weighted by Crippen LogP contribution is 2.24. The minimum Gasteiger partial charge on any atom is -0.480 e. The van der Waals surface area contributed by atoms with E-state index in [0.29, 0.717) is 0 Å². The van der Waals surface area contributed by atoms with E-state index in [4.69, 9.17) is 4.74 Å². The number of hydrogen-bond donors (Lipinski definition) is 1. The number of nitrogens with zero attached hydrogens (tertiary/aromatic N) is 2. The largest absolute Gasteiger partial charge is 0.480 e. The van der Waals surface area contributed by atoms with Crippen LogP contribution in [0.3, 0.4) is 0 Å². The molecular weight excluding hydrogens is 304 g/mol. The van der Waals surface area contributed by atoms with Gasteiger partial charge in [0.05, 0.1) is 13.2 Å².